The number of nitrogens with zero attached hydrogens (tertiary/aromatic N) is 2. The van der Waals surface area contributed by atoms with Gasteiger partial charge in [0.25, 0.3) is 0 Å². The number of allylic oxidation sites excluding steroid dienone is 5. The van der Waals surface area contributed by atoms with Crippen LogP contribution in [0.25, 0.3) is 0 Å². The molecule has 0 aromatic carbocycles. The summed E-state index contributed by atoms with van der Waals surface area (Å²) in [5, 5.41) is 0. The lowest BCUT2D eigenvalue weighted by atomic mass is 10.1. The van der Waals surface area contributed by atoms with Gasteiger partial charge in [0, 0.05) is 11.4 Å². The second kappa shape index (κ2) is 7.43. The van der Waals surface area contributed by atoms with Crippen LogP contribution in [0.15, 0.2) is 58.5 Å². The topological polar surface area (TPSA) is 50.1 Å². The minimum Gasteiger partial charge on any atom is -0.304 e. The molecule has 0 amide bonds. The number of imidazole rings is 1. The van der Waals surface area contributed by atoms with E-state index in [9.17, 15) is 4.79 Å². The van der Waals surface area contributed by atoms with Gasteiger partial charge in [-0.15, -0.1) is 0 Å². The van der Waals surface area contributed by atoms with Gasteiger partial charge in [0.2, 0.25) is 0 Å². The van der Waals surface area contributed by atoms with E-state index in [1.54, 1.807) is 23.8 Å². The predicted octanol–water partition coefficient (Wildman–Crippen LogP) is 3.52. The van der Waals surface area contributed by atoms with Gasteiger partial charge in [-0.25, -0.2) is 4.79 Å². The fourth-order valence-corrected chi connectivity index (χ4v) is 2.03. The number of aliphatic imine (C=N–C) groups is 1. The first kappa shape index (κ1) is 16.7. The van der Waals surface area contributed by atoms with Crippen LogP contribution in [0.3, 0.4) is 0 Å². The molecule has 21 heavy (non-hydrogen) atoms. The quantitative estimate of drug-likeness (QED) is 0.605. The highest BCUT2D eigenvalue weighted by atomic mass is 16.1. The van der Waals surface area contributed by atoms with Gasteiger partial charge < -0.3 is 4.98 Å². The molecular formula is C17H23N3O. The Morgan fingerprint density at radius 1 is 1.33 bits per heavy atom. The second-order valence-electron chi connectivity index (χ2n) is 4.82. The maximum Gasteiger partial charge on any atom is 0.326 e. The molecule has 1 aromatic rings. The van der Waals surface area contributed by atoms with Crippen LogP contribution in [0.2, 0.25) is 0 Å². The van der Waals surface area contributed by atoms with Crippen molar-refractivity contribution in [1.29, 1.82) is 0 Å². The van der Waals surface area contributed by atoms with Crippen molar-refractivity contribution in [3.05, 3.63) is 70.6 Å². The van der Waals surface area contributed by atoms with Crippen LogP contribution in [0.1, 0.15) is 31.7 Å². The summed E-state index contributed by atoms with van der Waals surface area (Å²) in [4.78, 5) is 19.0. The van der Waals surface area contributed by atoms with Crippen LogP contribution in [-0.4, -0.2) is 15.8 Å². The lowest BCUT2D eigenvalue weighted by molar-refractivity contribution is 0.731. The zero-order chi connectivity index (χ0) is 16.0. The van der Waals surface area contributed by atoms with Crippen LogP contribution in [0.4, 0.5) is 0 Å². The summed E-state index contributed by atoms with van der Waals surface area (Å²) in [7, 11) is 0. The summed E-state index contributed by atoms with van der Waals surface area (Å²) in [6.45, 7) is 17.6. The number of aromatic nitrogens is 2. The van der Waals surface area contributed by atoms with E-state index in [0.29, 0.717) is 17.9 Å². The Bertz CT molecular complexity index is 669. The largest absolute Gasteiger partial charge is 0.326 e. The minimum absolute atomic E-state index is 0.158. The van der Waals surface area contributed by atoms with E-state index in [-0.39, 0.29) is 5.69 Å². The van der Waals surface area contributed by atoms with Gasteiger partial charge in [-0.2, -0.15) is 0 Å². The molecule has 0 radical (unpaired) electrons. The maximum atomic E-state index is 12.1. The number of aromatic amines is 1. The molecule has 4 nitrogen and oxygen atoms in total. The van der Waals surface area contributed by atoms with Crippen molar-refractivity contribution < 1.29 is 0 Å². The van der Waals surface area contributed by atoms with Gasteiger partial charge in [0.05, 0.1) is 18.5 Å². The van der Waals surface area contributed by atoms with E-state index < -0.39 is 0 Å². The van der Waals surface area contributed by atoms with Crippen molar-refractivity contribution >= 4 is 6.21 Å². The molecule has 0 saturated heterocycles. The summed E-state index contributed by atoms with van der Waals surface area (Å²) >= 11 is 0. The molecule has 1 N–H and O–H groups in total. The third-order valence-corrected chi connectivity index (χ3v) is 3.31. The highest BCUT2D eigenvalue weighted by Crippen LogP contribution is 2.14. The van der Waals surface area contributed by atoms with Crippen molar-refractivity contribution in [3.63, 3.8) is 0 Å². The molecule has 0 aliphatic rings. The van der Waals surface area contributed by atoms with Crippen LogP contribution >= 0.6 is 0 Å². The van der Waals surface area contributed by atoms with Crippen LogP contribution < -0.4 is 5.69 Å². The molecule has 0 atom stereocenters. The zero-order valence-corrected chi connectivity index (χ0v) is 13.1. The molecule has 1 aromatic heterocycles. The molecular weight excluding hydrogens is 262 g/mol. The average Bonchev–Trinajstić information content (AvgIpc) is 2.72. The number of hydrogen-bond acceptors (Lipinski definition) is 2. The summed E-state index contributed by atoms with van der Waals surface area (Å²) in [6, 6.07) is 0. The van der Waals surface area contributed by atoms with E-state index in [1.165, 1.54) is 0 Å². The van der Waals surface area contributed by atoms with Crippen LogP contribution in [-0.2, 0) is 6.54 Å². The molecule has 0 aliphatic heterocycles. The van der Waals surface area contributed by atoms with Gasteiger partial charge in [-0.05, 0) is 31.4 Å². The monoisotopic (exact) mass is 285 g/mol. The smallest absolute Gasteiger partial charge is 0.304 e. The third-order valence-electron chi connectivity index (χ3n) is 3.31. The first-order valence-electron chi connectivity index (χ1n) is 6.90. The maximum absolute atomic E-state index is 12.1. The van der Waals surface area contributed by atoms with E-state index >= 15 is 0 Å². The number of rotatable bonds is 7. The first-order valence-corrected chi connectivity index (χ1v) is 6.90. The molecule has 112 valence electrons. The Morgan fingerprint density at radius 2 is 1.95 bits per heavy atom. The Labute approximate surface area is 125 Å². The normalized spacial score (nSPS) is 12.3. The third kappa shape index (κ3) is 4.05. The number of H-pyrrole nitrogens is 1. The van der Waals surface area contributed by atoms with Gasteiger partial charge in [-0.3, -0.25) is 9.56 Å². The highest BCUT2D eigenvalue weighted by molar-refractivity contribution is 5.79. The number of nitrogens with one attached hydrogen (secondary N) is 1. The number of hydrogen-bond donors (Lipinski definition) is 1. The Morgan fingerprint density at radius 3 is 2.43 bits per heavy atom. The fraction of sp³-hybridized carbons (Fsp3) is 0.294. The lowest BCUT2D eigenvalue weighted by Gasteiger charge is -2.09. The minimum atomic E-state index is -0.158. The van der Waals surface area contributed by atoms with Gasteiger partial charge in [-0.1, -0.05) is 38.8 Å². The van der Waals surface area contributed by atoms with Gasteiger partial charge >= 0.3 is 5.69 Å². The van der Waals surface area contributed by atoms with E-state index in [4.69, 9.17) is 0 Å². The lowest BCUT2D eigenvalue weighted by Crippen LogP contribution is -2.19. The van der Waals surface area contributed by atoms with Gasteiger partial charge in [0.1, 0.15) is 0 Å². The van der Waals surface area contributed by atoms with Crippen molar-refractivity contribution in [3.8, 4) is 0 Å². The summed E-state index contributed by atoms with van der Waals surface area (Å²) in [5.74, 6) is 0. The highest BCUT2D eigenvalue weighted by Gasteiger charge is 2.10. The molecule has 0 aliphatic carbocycles. The van der Waals surface area contributed by atoms with Crippen molar-refractivity contribution in [2.24, 2.45) is 4.99 Å². The SMILES string of the molecule is C=C/C(CC)=C(\C=C)Cn1c(C)c(C=NC(=C)C)[nH]c1=O. The summed E-state index contributed by atoms with van der Waals surface area (Å²) in [6.07, 6.45) is 6.07. The van der Waals surface area contributed by atoms with Crippen molar-refractivity contribution in [2.45, 2.75) is 33.7 Å². The first-order chi connectivity index (χ1) is 9.94. The molecule has 0 fully saturated rings. The molecule has 0 saturated carbocycles. The van der Waals surface area contributed by atoms with E-state index in [0.717, 1.165) is 23.3 Å². The Hall–Kier alpha value is -2.36. The predicted molar refractivity (Wildman–Crippen MR) is 89.9 cm³/mol. The fourth-order valence-electron chi connectivity index (χ4n) is 2.03. The van der Waals surface area contributed by atoms with Crippen molar-refractivity contribution in [2.75, 3.05) is 0 Å². The molecule has 0 spiro atoms. The van der Waals surface area contributed by atoms with Crippen molar-refractivity contribution in [1.82, 2.24) is 9.55 Å². The molecule has 0 unspecified atom stereocenters. The molecule has 1 rings (SSSR count). The Kier molecular flexibility index (Phi) is 5.91. The molecule has 4 heteroatoms. The second-order valence-corrected chi connectivity index (χ2v) is 4.82. The van der Waals surface area contributed by atoms with Crippen LogP contribution in [0.5, 0.6) is 0 Å². The Balaban J connectivity index is 3.24. The molecule has 0 bridgehead atoms. The standard InChI is InChI=1S/C17H23N3O/c1-7-14(8-2)15(9-3)11-20-13(6)16(19-17(20)21)10-18-12(4)5/h7,9-10H,1,3-4,8,11H2,2,5-6H3,(H,19,21)/b15-14-,18-10?. The van der Waals surface area contributed by atoms with E-state index in [2.05, 4.69) is 36.6 Å². The van der Waals surface area contributed by atoms with Crippen LogP contribution in [0, 0.1) is 6.92 Å². The van der Waals surface area contributed by atoms with Gasteiger partial charge in [0.15, 0.2) is 0 Å². The van der Waals surface area contributed by atoms with E-state index in [1.807, 2.05) is 13.0 Å². The summed E-state index contributed by atoms with van der Waals surface area (Å²) < 4.78 is 1.68. The molecule has 1 heterocycles. The summed E-state index contributed by atoms with van der Waals surface area (Å²) in [5.41, 5.74) is 4.16. The average molecular weight is 285 g/mol. The zero-order valence-electron chi connectivity index (χ0n) is 13.1.